The van der Waals surface area contributed by atoms with Crippen molar-refractivity contribution in [2.45, 2.75) is 71.1 Å². The Balaban J connectivity index is 1.72. The van der Waals surface area contributed by atoms with Crippen LogP contribution in [0.15, 0.2) is 34.1 Å². The van der Waals surface area contributed by atoms with Gasteiger partial charge in [-0.05, 0) is 64.3 Å². The largest absolute Gasteiger partial charge is 0.464 e. The predicted molar refractivity (Wildman–Crippen MR) is 117 cm³/mol. The summed E-state index contributed by atoms with van der Waals surface area (Å²) in [6.45, 7) is 11.6. The molecule has 156 valence electrons. The summed E-state index contributed by atoms with van der Waals surface area (Å²) in [5.41, 5.74) is 2.03. The molecule has 0 aromatic carbocycles. The van der Waals surface area contributed by atoms with Gasteiger partial charge < -0.3 is 19.2 Å². The van der Waals surface area contributed by atoms with Gasteiger partial charge in [-0.15, -0.1) is 11.3 Å². The number of hydrogen-bond donors (Lipinski definition) is 1. The minimum absolute atomic E-state index is 0.0819. The Kier molecular flexibility index (Phi) is 4.90. The van der Waals surface area contributed by atoms with Crippen LogP contribution >= 0.6 is 11.3 Å². The molecular formula is C23H32N3O2S+. The molecule has 0 atom stereocenters. The number of amides is 1. The number of nitrogens with two attached hydrogens (primary N) is 1. The van der Waals surface area contributed by atoms with Gasteiger partial charge in [0.2, 0.25) is 0 Å². The van der Waals surface area contributed by atoms with Crippen molar-refractivity contribution >= 4 is 27.5 Å². The van der Waals surface area contributed by atoms with Crippen LogP contribution in [0.4, 0.5) is 0 Å². The van der Waals surface area contributed by atoms with Crippen LogP contribution in [0.3, 0.4) is 0 Å². The standard InChI is InChI=1S/C23H31N3O2S/c1-15-7-8-17(28-15)14-26(16-12-22(2,3)24-23(4,5)13-16)21(27)19-11-20-18(25(19)6)9-10-29-20/h7-11,16,24H,12-14H2,1-6H3/p+1. The maximum absolute atomic E-state index is 13.8. The van der Waals surface area contributed by atoms with Crippen LogP contribution in [-0.2, 0) is 13.6 Å². The highest BCUT2D eigenvalue weighted by Crippen LogP contribution is 2.31. The van der Waals surface area contributed by atoms with Gasteiger partial charge in [0.25, 0.3) is 5.91 Å². The molecule has 2 N–H and O–H groups in total. The third-order valence-electron chi connectivity index (χ3n) is 6.01. The summed E-state index contributed by atoms with van der Waals surface area (Å²) in [6, 6.07) is 8.24. The average Bonchev–Trinajstić information content (AvgIpc) is 3.28. The van der Waals surface area contributed by atoms with Gasteiger partial charge in [-0.1, -0.05) is 0 Å². The van der Waals surface area contributed by atoms with Gasteiger partial charge in [0.15, 0.2) is 0 Å². The van der Waals surface area contributed by atoms with Crippen LogP contribution in [0.5, 0.6) is 0 Å². The van der Waals surface area contributed by atoms with E-state index in [2.05, 4.69) is 44.5 Å². The average molecular weight is 415 g/mol. The highest BCUT2D eigenvalue weighted by molar-refractivity contribution is 7.17. The minimum Gasteiger partial charge on any atom is -0.464 e. The van der Waals surface area contributed by atoms with Gasteiger partial charge >= 0.3 is 0 Å². The van der Waals surface area contributed by atoms with Crippen molar-refractivity contribution < 1.29 is 14.5 Å². The first-order valence-corrected chi connectivity index (χ1v) is 11.2. The van der Waals surface area contributed by atoms with Gasteiger partial charge in [0, 0.05) is 25.9 Å². The van der Waals surface area contributed by atoms with E-state index in [0.717, 1.165) is 40.3 Å². The molecule has 0 radical (unpaired) electrons. The third-order valence-corrected chi connectivity index (χ3v) is 6.86. The summed E-state index contributed by atoms with van der Waals surface area (Å²) in [6.07, 6.45) is 1.92. The Morgan fingerprint density at radius 2 is 1.93 bits per heavy atom. The lowest BCUT2D eigenvalue weighted by Gasteiger charge is -2.46. The molecule has 0 bridgehead atoms. The van der Waals surface area contributed by atoms with E-state index in [1.54, 1.807) is 11.3 Å². The number of quaternary nitrogens is 1. The van der Waals surface area contributed by atoms with Crippen LogP contribution in [0.25, 0.3) is 10.2 Å². The molecule has 0 saturated carbocycles. The van der Waals surface area contributed by atoms with Gasteiger partial charge in [0.05, 0.1) is 27.8 Å². The molecule has 5 nitrogen and oxygen atoms in total. The fourth-order valence-corrected chi connectivity index (χ4v) is 6.04. The number of aromatic nitrogens is 1. The molecule has 29 heavy (non-hydrogen) atoms. The number of aryl methyl sites for hydroxylation is 2. The smallest absolute Gasteiger partial charge is 0.271 e. The van der Waals surface area contributed by atoms with Crippen LogP contribution < -0.4 is 5.32 Å². The van der Waals surface area contributed by atoms with Gasteiger partial charge in [-0.3, -0.25) is 4.79 Å². The summed E-state index contributed by atoms with van der Waals surface area (Å²) < 4.78 is 9.04. The van der Waals surface area contributed by atoms with E-state index < -0.39 is 0 Å². The van der Waals surface area contributed by atoms with E-state index in [4.69, 9.17) is 4.42 Å². The molecule has 1 aliphatic heterocycles. The summed E-state index contributed by atoms with van der Waals surface area (Å²) in [5, 5.41) is 4.53. The lowest BCUT2D eigenvalue weighted by molar-refractivity contribution is -0.788. The second-order valence-electron chi connectivity index (χ2n) is 9.89. The second kappa shape index (κ2) is 7.03. The molecule has 1 fully saturated rings. The lowest BCUT2D eigenvalue weighted by atomic mass is 9.79. The monoisotopic (exact) mass is 414 g/mol. The number of rotatable bonds is 4. The van der Waals surface area contributed by atoms with E-state index in [1.165, 1.54) is 0 Å². The van der Waals surface area contributed by atoms with E-state index in [9.17, 15) is 4.79 Å². The van der Waals surface area contributed by atoms with Crippen molar-refractivity contribution in [1.82, 2.24) is 9.47 Å². The summed E-state index contributed by atoms with van der Waals surface area (Å²) in [7, 11) is 1.99. The summed E-state index contributed by atoms with van der Waals surface area (Å²) >= 11 is 1.68. The van der Waals surface area contributed by atoms with Gasteiger partial charge in [-0.25, -0.2) is 0 Å². The Morgan fingerprint density at radius 1 is 1.24 bits per heavy atom. The van der Waals surface area contributed by atoms with Crippen molar-refractivity contribution in [1.29, 1.82) is 0 Å². The summed E-state index contributed by atoms with van der Waals surface area (Å²) in [5.74, 6) is 1.81. The molecule has 0 spiro atoms. The number of thiophene rings is 1. The summed E-state index contributed by atoms with van der Waals surface area (Å²) in [4.78, 5) is 15.9. The lowest BCUT2D eigenvalue weighted by Crippen LogP contribution is -3.06. The van der Waals surface area contributed by atoms with Gasteiger partial charge in [0.1, 0.15) is 17.2 Å². The number of nitrogens with zero attached hydrogens (tertiary/aromatic N) is 2. The zero-order valence-corrected chi connectivity index (χ0v) is 19.1. The molecule has 0 unspecified atom stereocenters. The first kappa shape index (κ1) is 20.2. The Morgan fingerprint density at radius 3 is 2.52 bits per heavy atom. The molecular weight excluding hydrogens is 382 g/mol. The zero-order valence-electron chi connectivity index (χ0n) is 18.3. The molecule has 4 rings (SSSR count). The number of carbonyl (C=O) groups excluding carboxylic acids is 1. The van der Waals surface area contributed by atoms with Crippen LogP contribution in [0, 0.1) is 6.92 Å². The van der Waals surface area contributed by atoms with E-state index in [1.807, 2.05) is 41.6 Å². The molecule has 3 aromatic heterocycles. The predicted octanol–water partition coefficient (Wildman–Crippen LogP) is 4.07. The number of fused-ring (bicyclic) bond motifs is 1. The van der Waals surface area contributed by atoms with Crippen molar-refractivity contribution in [3.63, 3.8) is 0 Å². The van der Waals surface area contributed by atoms with E-state index in [0.29, 0.717) is 6.54 Å². The number of furan rings is 1. The Labute approximate surface area is 176 Å². The maximum atomic E-state index is 13.8. The fraction of sp³-hybridized carbons (Fsp3) is 0.522. The van der Waals surface area contributed by atoms with E-state index >= 15 is 0 Å². The molecule has 6 heteroatoms. The zero-order chi connectivity index (χ0) is 21.0. The Bertz CT molecular complexity index is 1020. The van der Waals surface area contributed by atoms with Crippen molar-refractivity contribution in [2.75, 3.05) is 0 Å². The van der Waals surface area contributed by atoms with E-state index in [-0.39, 0.29) is 23.0 Å². The number of carbonyl (C=O) groups is 1. The third kappa shape index (κ3) is 4.01. The molecule has 3 aromatic rings. The van der Waals surface area contributed by atoms with Crippen LogP contribution in [0.2, 0.25) is 0 Å². The van der Waals surface area contributed by atoms with Crippen LogP contribution in [0.1, 0.15) is 62.5 Å². The fourth-order valence-electron chi connectivity index (χ4n) is 5.19. The van der Waals surface area contributed by atoms with Crippen molar-refractivity contribution in [3.05, 3.63) is 46.9 Å². The highest BCUT2D eigenvalue weighted by Gasteiger charge is 2.45. The molecule has 4 heterocycles. The molecule has 1 saturated heterocycles. The topological polar surface area (TPSA) is 55.0 Å². The number of piperidine rings is 1. The first-order chi connectivity index (χ1) is 13.5. The SMILES string of the molecule is Cc1ccc(CN(C(=O)c2cc3sccc3n2C)C2CC(C)(C)[NH2+]C(C)(C)C2)o1. The quantitative estimate of drug-likeness (QED) is 0.700. The van der Waals surface area contributed by atoms with Crippen LogP contribution in [-0.4, -0.2) is 32.5 Å². The molecule has 1 aliphatic rings. The van der Waals surface area contributed by atoms with Crippen molar-refractivity contribution in [3.8, 4) is 0 Å². The first-order valence-electron chi connectivity index (χ1n) is 10.3. The van der Waals surface area contributed by atoms with Crippen molar-refractivity contribution in [2.24, 2.45) is 7.05 Å². The minimum atomic E-state index is 0.0819. The molecule has 0 aliphatic carbocycles. The highest BCUT2D eigenvalue weighted by atomic mass is 32.1. The second-order valence-corrected chi connectivity index (χ2v) is 10.8. The Hall–Kier alpha value is -2.05. The molecule has 1 amide bonds. The maximum Gasteiger partial charge on any atom is 0.271 e. The van der Waals surface area contributed by atoms with Gasteiger partial charge in [-0.2, -0.15) is 0 Å². The number of hydrogen-bond acceptors (Lipinski definition) is 3. The normalized spacial score (nSPS) is 19.0.